The largest absolute Gasteiger partial charge is 0.373 e. The number of aromatic amines is 1. The summed E-state index contributed by atoms with van der Waals surface area (Å²) in [6.07, 6.45) is 0. The Kier molecular flexibility index (Phi) is 4.03. The van der Waals surface area contributed by atoms with E-state index < -0.39 is 0 Å². The van der Waals surface area contributed by atoms with E-state index >= 15 is 0 Å². The fourth-order valence-electron chi connectivity index (χ4n) is 3.77. The lowest BCUT2D eigenvalue weighted by molar-refractivity contribution is -0.119. The van der Waals surface area contributed by atoms with Crippen molar-refractivity contribution in [1.82, 2.24) is 9.55 Å². The standard InChI is InChI=1S/C20H22N4O2/c1-14-11-22(2)17-9-5-6-10-18(17)23(12-14)19(25)13-24-16-8-4-3-7-15(16)21-20(24)26/h3-10,14H,11-13H2,1-2H3,(H,21,26). The molecule has 3 aromatic rings. The first kappa shape index (κ1) is 16.4. The predicted molar refractivity (Wildman–Crippen MR) is 104 cm³/mol. The molecular weight excluding hydrogens is 328 g/mol. The van der Waals surface area contributed by atoms with Crippen molar-refractivity contribution in [2.75, 3.05) is 29.9 Å². The Labute approximate surface area is 151 Å². The van der Waals surface area contributed by atoms with Crippen LogP contribution in [0.4, 0.5) is 11.4 Å². The Hall–Kier alpha value is -3.02. The molecule has 134 valence electrons. The van der Waals surface area contributed by atoms with Crippen molar-refractivity contribution in [3.05, 3.63) is 59.0 Å². The fourth-order valence-corrected chi connectivity index (χ4v) is 3.77. The molecule has 6 heteroatoms. The molecule has 2 heterocycles. The maximum absolute atomic E-state index is 13.2. The van der Waals surface area contributed by atoms with Gasteiger partial charge in [0, 0.05) is 20.1 Å². The van der Waals surface area contributed by atoms with Crippen molar-refractivity contribution in [3.63, 3.8) is 0 Å². The molecule has 0 fully saturated rings. The normalized spacial score (nSPS) is 17.2. The van der Waals surface area contributed by atoms with Crippen LogP contribution >= 0.6 is 0 Å². The second-order valence-corrected chi connectivity index (χ2v) is 7.01. The smallest absolute Gasteiger partial charge is 0.326 e. The number of nitrogens with zero attached hydrogens (tertiary/aromatic N) is 3. The van der Waals surface area contributed by atoms with E-state index in [1.165, 1.54) is 4.57 Å². The molecule has 0 aliphatic carbocycles. The number of para-hydroxylation sites is 4. The van der Waals surface area contributed by atoms with Crippen molar-refractivity contribution in [2.24, 2.45) is 5.92 Å². The molecule has 0 spiro atoms. The van der Waals surface area contributed by atoms with Crippen molar-refractivity contribution >= 4 is 28.3 Å². The van der Waals surface area contributed by atoms with Crippen molar-refractivity contribution in [1.29, 1.82) is 0 Å². The highest BCUT2D eigenvalue weighted by Gasteiger charge is 2.27. The van der Waals surface area contributed by atoms with Gasteiger partial charge in [-0.05, 0) is 30.2 Å². The lowest BCUT2D eigenvalue weighted by Gasteiger charge is -2.24. The van der Waals surface area contributed by atoms with Gasteiger partial charge in [0.2, 0.25) is 5.91 Å². The highest BCUT2D eigenvalue weighted by atomic mass is 16.2. The van der Waals surface area contributed by atoms with Gasteiger partial charge in [-0.25, -0.2) is 4.79 Å². The fraction of sp³-hybridized carbons (Fsp3) is 0.300. The van der Waals surface area contributed by atoms with Crippen LogP contribution in [0.25, 0.3) is 11.0 Å². The third kappa shape index (κ3) is 2.77. The molecule has 0 radical (unpaired) electrons. The molecule has 1 aliphatic heterocycles. The maximum Gasteiger partial charge on any atom is 0.326 e. The summed E-state index contributed by atoms with van der Waals surface area (Å²) in [5.41, 5.74) is 3.18. The van der Waals surface area contributed by atoms with Crippen molar-refractivity contribution < 1.29 is 4.79 Å². The van der Waals surface area contributed by atoms with Crippen LogP contribution in [0.15, 0.2) is 53.3 Å². The van der Waals surface area contributed by atoms with Crippen LogP contribution in [0.2, 0.25) is 0 Å². The van der Waals surface area contributed by atoms with Crippen LogP contribution in [-0.2, 0) is 11.3 Å². The van der Waals surface area contributed by atoms with Gasteiger partial charge in [0.05, 0.1) is 22.4 Å². The highest BCUT2D eigenvalue weighted by Crippen LogP contribution is 2.32. The average molecular weight is 350 g/mol. The molecule has 4 rings (SSSR count). The average Bonchev–Trinajstić information content (AvgIpc) is 2.87. The molecule has 1 aliphatic rings. The minimum absolute atomic E-state index is 0.0214. The summed E-state index contributed by atoms with van der Waals surface area (Å²) in [6, 6.07) is 15.4. The molecule has 0 bridgehead atoms. The lowest BCUT2D eigenvalue weighted by atomic mass is 10.1. The topological polar surface area (TPSA) is 61.3 Å². The van der Waals surface area contributed by atoms with E-state index in [-0.39, 0.29) is 18.1 Å². The molecule has 6 nitrogen and oxygen atoms in total. The van der Waals surface area contributed by atoms with Gasteiger partial charge in [-0.15, -0.1) is 0 Å². The van der Waals surface area contributed by atoms with Gasteiger partial charge in [0.25, 0.3) is 0 Å². The summed E-state index contributed by atoms with van der Waals surface area (Å²) in [5.74, 6) is 0.252. The minimum Gasteiger partial charge on any atom is -0.373 e. The predicted octanol–water partition coefficient (Wildman–Crippen LogP) is 2.45. The van der Waals surface area contributed by atoms with Gasteiger partial charge in [0.15, 0.2) is 0 Å². The number of carbonyl (C=O) groups is 1. The van der Waals surface area contributed by atoms with Crippen molar-refractivity contribution in [2.45, 2.75) is 13.5 Å². The SMILES string of the molecule is CC1CN(C)c2ccccc2N(C(=O)Cn2c(=O)[nH]c3ccccc32)C1. The second kappa shape index (κ2) is 6.37. The van der Waals surface area contributed by atoms with Gasteiger partial charge in [0.1, 0.15) is 6.54 Å². The van der Waals surface area contributed by atoms with Crippen LogP contribution in [0.1, 0.15) is 6.92 Å². The van der Waals surface area contributed by atoms with E-state index in [0.717, 1.165) is 29.0 Å². The first-order valence-corrected chi connectivity index (χ1v) is 8.82. The number of hydrogen-bond donors (Lipinski definition) is 1. The lowest BCUT2D eigenvalue weighted by Crippen LogP contribution is -2.38. The maximum atomic E-state index is 13.2. The van der Waals surface area contributed by atoms with Crippen LogP contribution in [0, 0.1) is 5.92 Å². The third-order valence-electron chi connectivity index (χ3n) is 4.94. The summed E-state index contributed by atoms with van der Waals surface area (Å²) in [5, 5.41) is 0. The van der Waals surface area contributed by atoms with Gasteiger partial charge < -0.3 is 14.8 Å². The Balaban J connectivity index is 1.72. The molecule has 1 atom stereocenters. The Morgan fingerprint density at radius 1 is 1.08 bits per heavy atom. The molecule has 1 unspecified atom stereocenters. The first-order valence-electron chi connectivity index (χ1n) is 8.82. The number of aromatic nitrogens is 2. The molecule has 0 saturated carbocycles. The number of hydrogen-bond acceptors (Lipinski definition) is 3. The zero-order valence-corrected chi connectivity index (χ0v) is 15.0. The monoisotopic (exact) mass is 350 g/mol. The van der Waals surface area contributed by atoms with Gasteiger partial charge in [-0.2, -0.15) is 0 Å². The van der Waals surface area contributed by atoms with E-state index in [2.05, 4.69) is 16.8 Å². The molecule has 0 saturated heterocycles. The number of rotatable bonds is 2. The number of H-pyrrole nitrogens is 1. The van der Waals surface area contributed by atoms with Gasteiger partial charge in [-0.3, -0.25) is 9.36 Å². The molecule has 1 amide bonds. The van der Waals surface area contributed by atoms with Crippen LogP contribution in [0.5, 0.6) is 0 Å². The number of benzene rings is 2. The van der Waals surface area contributed by atoms with E-state index in [9.17, 15) is 9.59 Å². The summed E-state index contributed by atoms with van der Waals surface area (Å²) in [6.45, 7) is 3.68. The summed E-state index contributed by atoms with van der Waals surface area (Å²) in [4.78, 5) is 32.3. The van der Waals surface area contributed by atoms with Crippen LogP contribution < -0.4 is 15.5 Å². The molecule has 1 N–H and O–H groups in total. The van der Waals surface area contributed by atoms with Crippen LogP contribution in [-0.4, -0.2) is 35.6 Å². The van der Waals surface area contributed by atoms with E-state index in [0.29, 0.717) is 12.5 Å². The number of carbonyl (C=O) groups excluding carboxylic acids is 1. The van der Waals surface area contributed by atoms with E-state index in [1.807, 2.05) is 60.5 Å². The Bertz CT molecular complexity index is 1020. The number of anilines is 2. The number of imidazole rings is 1. The second-order valence-electron chi connectivity index (χ2n) is 7.01. The highest BCUT2D eigenvalue weighted by molar-refractivity contribution is 5.97. The van der Waals surface area contributed by atoms with E-state index in [4.69, 9.17) is 0 Å². The van der Waals surface area contributed by atoms with Crippen molar-refractivity contribution in [3.8, 4) is 0 Å². The molecular formula is C20H22N4O2. The Morgan fingerprint density at radius 2 is 1.77 bits per heavy atom. The first-order chi connectivity index (χ1) is 12.5. The quantitative estimate of drug-likeness (QED) is 0.772. The molecule has 26 heavy (non-hydrogen) atoms. The summed E-state index contributed by atoms with van der Waals surface area (Å²) >= 11 is 0. The summed E-state index contributed by atoms with van der Waals surface area (Å²) in [7, 11) is 2.05. The number of fused-ring (bicyclic) bond motifs is 2. The minimum atomic E-state index is -0.257. The zero-order chi connectivity index (χ0) is 18.3. The molecule has 2 aromatic carbocycles. The number of amides is 1. The Morgan fingerprint density at radius 3 is 2.58 bits per heavy atom. The van der Waals surface area contributed by atoms with E-state index in [1.54, 1.807) is 0 Å². The summed E-state index contributed by atoms with van der Waals surface area (Å²) < 4.78 is 1.51. The molecule has 1 aromatic heterocycles. The third-order valence-corrected chi connectivity index (χ3v) is 4.94. The zero-order valence-electron chi connectivity index (χ0n) is 15.0. The van der Waals surface area contributed by atoms with Gasteiger partial charge in [-0.1, -0.05) is 31.2 Å². The van der Waals surface area contributed by atoms with Crippen LogP contribution in [0.3, 0.4) is 0 Å². The number of nitrogens with one attached hydrogen (secondary N) is 1. The van der Waals surface area contributed by atoms with Gasteiger partial charge >= 0.3 is 5.69 Å².